The Morgan fingerprint density at radius 3 is 2.50 bits per heavy atom. The average Bonchev–Trinajstić information content (AvgIpc) is 2.97. The van der Waals surface area contributed by atoms with Crippen molar-refractivity contribution in [2.75, 3.05) is 20.8 Å². The summed E-state index contributed by atoms with van der Waals surface area (Å²) in [4.78, 5) is 35.0. The lowest BCUT2D eigenvalue weighted by atomic mass is 9.98. The van der Waals surface area contributed by atoms with Crippen LogP contribution in [0.25, 0.3) is 0 Å². The Morgan fingerprint density at radius 2 is 2.00 bits per heavy atom. The van der Waals surface area contributed by atoms with Crippen LogP contribution in [0.2, 0.25) is 0 Å². The zero-order valence-electron chi connectivity index (χ0n) is 12.0. The minimum Gasteiger partial charge on any atom is -0.469 e. The second-order valence-corrected chi connectivity index (χ2v) is 4.77. The molecule has 3 atom stereocenters. The van der Waals surface area contributed by atoms with Crippen LogP contribution in [0.3, 0.4) is 0 Å². The topological polar surface area (TPSA) is 90.9 Å². The Balaban J connectivity index is 2.65. The number of rotatable bonds is 6. The van der Waals surface area contributed by atoms with Crippen molar-refractivity contribution in [3.63, 3.8) is 0 Å². The van der Waals surface area contributed by atoms with Crippen LogP contribution in [0, 0.1) is 5.92 Å². The van der Waals surface area contributed by atoms with Gasteiger partial charge in [0.15, 0.2) is 0 Å². The number of ether oxygens (including phenoxy) is 3. The third kappa shape index (κ3) is 4.48. The molecule has 0 saturated carbocycles. The lowest BCUT2D eigenvalue weighted by Gasteiger charge is -2.23. The van der Waals surface area contributed by atoms with E-state index >= 15 is 0 Å². The van der Waals surface area contributed by atoms with E-state index in [2.05, 4.69) is 14.8 Å². The van der Waals surface area contributed by atoms with Crippen LogP contribution in [0.4, 0.5) is 0 Å². The highest BCUT2D eigenvalue weighted by Crippen LogP contribution is 2.15. The molecule has 1 rings (SSSR count). The van der Waals surface area contributed by atoms with E-state index in [0.29, 0.717) is 13.0 Å². The molecule has 1 fully saturated rings. The van der Waals surface area contributed by atoms with Crippen LogP contribution in [-0.4, -0.2) is 50.8 Å². The molecule has 0 aromatic carbocycles. The second-order valence-electron chi connectivity index (χ2n) is 4.77. The van der Waals surface area contributed by atoms with Gasteiger partial charge in [-0.25, -0.2) is 4.79 Å². The van der Waals surface area contributed by atoms with Gasteiger partial charge < -0.3 is 19.5 Å². The molecule has 7 nitrogen and oxygen atoms in total. The molecular weight excluding hydrogens is 266 g/mol. The summed E-state index contributed by atoms with van der Waals surface area (Å²) in [5.74, 6) is -1.82. The summed E-state index contributed by atoms with van der Waals surface area (Å²) in [5, 5.41) is 2.59. The highest BCUT2D eigenvalue weighted by molar-refractivity contribution is 5.87. The summed E-state index contributed by atoms with van der Waals surface area (Å²) in [7, 11) is 2.51. The number of carbonyl (C=O) groups excluding carboxylic acids is 3. The first-order valence-electron chi connectivity index (χ1n) is 6.56. The molecular formula is C13H21NO6. The Labute approximate surface area is 117 Å². The molecule has 0 spiro atoms. The van der Waals surface area contributed by atoms with Crippen molar-refractivity contribution in [1.82, 2.24) is 5.32 Å². The summed E-state index contributed by atoms with van der Waals surface area (Å²) in [5.41, 5.74) is 0. The van der Waals surface area contributed by atoms with Crippen LogP contribution >= 0.6 is 0 Å². The number of methoxy groups -OCH3 is 2. The van der Waals surface area contributed by atoms with Gasteiger partial charge in [-0.05, 0) is 18.8 Å². The molecule has 1 aliphatic rings. The Morgan fingerprint density at radius 1 is 1.30 bits per heavy atom. The predicted molar refractivity (Wildman–Crippen MR) is 68.7 cm³/mol. The average molecular weight is 287 g/mol. The standard InChI is InChI=1S/C13H21NO6/c1-8(7-10(15)18-2)11(13(17)19-3)14-12(16)9-5-4-6-20-9/h8-9,11H,4-7H2,1-3H3,(H,14,16)/t8-,9-,11-/m1/s1. The maximum Gasteiger partial charge on any atom is 0.328 e. The molecule has 0 aromatic rings. The number of amides is 1. The SMILES string of the molecule is COC(=O)C[C@@H](C)[C@@H](NC(=O)[C@H]1CCCO1)C(=O)OC. The molecule has 1 N–H and O–H groups in total. The molecule has 1 saturated heterocycles. The summed E-state index contributed by atoms with van der Waals surface area (Å²) in [6.07, 6.45) is 0.929. The van der Waals surface area contributed by atoms with Gasteiger partial charge in [-0.1, -0.05) is 6.92 Å². The molecule has 114 valence electrons. The van der Waals surface area contributed by atoms with Gasteiger partial charge in [-0.3, -0.25) is 9.59 Å². The van der Waals surface area contributed by atoms with Gasteiger partial charge in [0.2, 0.25) is 5.91 Å². The first-order valence-corrected chi connectivity index (χ1v) is 6.56. The van der Waals surface area contributed by atoms with Crippen molar-refractivity contribution in [2.24, 2.45) is 5.92 Å². The van der Waals surface area contributed by atoms with Gasteiger partial charge in [-0.2, -0.15) is 0 Å². The maximum atomic E-state index is 12.0. The summed E-state index contributed by atoms with van der Waals surface area (Å²) in [6, 6.07) is -0.893. The van der Waals surface area contributed by atoms with Crippen LogP contribution < -0.4 is 5.32 Å². The molecule has 1 aliphatic heterocycles. The van der Waals surface area contributed by atoms with Gasteiger partial charge in [0.1, 0.15) is 12.1 Å². The van der Waals surface area contributed by atoms with E-state index in [1.807, 2.05) is 0 Å². The van der Waals surface area contributed by atoms with E-state index in [1.165, 1.54) is 14.2 Å². The van der Waals surface area contributed by atoms with Gasteiger partial charge in [0, 0.05) is 6.61 Å². The fraction of sp³-hybridized carbons (Fsp3) is 0.769. The number of carbonyl (C=O) groups is 3. The normalized spacial score (nSPS) is 20.9. The van der Waals surface area contributed by atoms with Gasteiger partial charge >= 0.3 is 11.9 Å². The van der Waals surface area contributed by atoms with Gasteiger partial charge in [0.25, 0.3) is 0 Å². The molecule has 0 unspecified atom stereocenters. The predicted octanol–water partition coefficient (Wildman–Crippen LogP) is 0.0224. The third-order valence-corrected chi connectivity index (χ3v) is 3.26. The highest BCUT2D eigenvalue weighted by Gasteiger charge is 2.33. The van der Waals surface area contributed by atoms with E-state index in [4.69, 9.17) is 4.74 Å². The first-order chi connectivity index (χ1) is 9.49. The van der Waals surface area contributed by atoms with Gasteiger partial charge in [-0.15, -0.1) is 0 Å². The molecule has 0 aromatic heterocycles. The van der Waals surface area contributed by atoms with Crippen molar-refractivity contribution in [1.29, 1.82) is 0 Å². The van der Waals surface area contributed by atoms with E-state index in [9.17, 15) is 14.4 Å². The lowest BCUT2D eigenvalue weighted by molar-refractivity contribution is -0.149. The van der Waals surface area contributed by atoms with Crippen molar-refractivity contribution < 1.29 is 28.6 Å². The maximum absolute atomic E-state index is 12.0. The molecule has 0 radical (unpaired) electrons. The van der Waals surface area contributed by atoms with Crippen LogP contribution in [0.1, 0.15) is 26.2 Å². The minimum atomic E-state index is -0.893. The van der Waals surface area contributed by atoms with Crippen LogP contribution in [-0.2, 0) is 28.6 Å². The molecule has 0 aliphatic carbocycles. The summed E-state index contributed by atoms with van der Waals surface area (Å²) >= 11 is 0. The fourth-order valence-electron chi connectivity index (χ4n) is 2.06. The zero-order valence-corrected chi connectivity index (χ0v) is 12.0. The number of hydrogen-bond acceptors (Lipinski definition) is 6. The Bertz CT molecular complexity index is 364. The first kappa shape index (κ1) is 16.4. The largest absolute Gasteiger partial charge is 0.469 e. The quantitative estimate of drug-likeness (QED) is 0.693. The number of esters is 2. The van der Waals surface area contributed by atoms with E-state index in [0.717, 1.165) is 6.42 Å². The van der Waals surface area contributed by atoms with Crippen molar-refractivity contribution in [2.45, 2.75) is 38.3 Å². The number of hydrogen-bond donors (Lipinski definition) is 1. The van der Waals surface area contributed by atoms with Crippen molar-refractivity contribution in [3.8, 4) is 0 Å². The Kier molecular flexibility index (Phi) is 6.44. The van der Waals surface area contributed by atoms with Crippen LogP contribution in [0.5, 0.6) is 0 Å². The van der Waals surface area contributed by atoms with E-state index < -0.39 is 30.0 Å². The summed E-state index contributed by atoms with van der Waals surface area (Å²) < 4.78 is 14.5. The molecule has 1 heterocycles. The zero-order chi connectivity index (χ0) is 15.1. The smallest absolute Gasteiger partial charge is 0.328 e. The highest BCUT2D eigenvalue weighted by atomic mass is 16.5. The Hall–Kier alpha value is -1.63. The molecule has 1 amide bonds. The summed E-state index contributed by atoms with van der Waals surface area (Å²) in [6.45, 7) is 2.22. The third-order valence-electron chi connectivity index (χ3n) is 3.26. The van der Waals surface area contributed by atoms with Crippen LogP contribution in [0.15, 0.2) is 0 Å². The number of nitrogens with one attached hydrogen (secondary N) is 1. The lowest BCUT2D eigenvalue weighted by Crippen LogP contribution is -2.49. The van der Waals surface area contributed by atoms with E-state index in [-0.39, 0.29) is 12.3 Å². The molecule has 20 heavy (non-hydrogen) atoms. The molecule has 7 heteroatoms. The second kappa shape index (κ2) is 7.84. The van der Waals surface area contributed by atoms with Crippen molar-refractivity contribution in [3.05, 3.63) is 0 Å². The van der Waals surface area contributed by atoms with E-state index in [1.54, 1.807) is 6.92 Å². The molecule has 0 bridgehead atoms. The minimum absolute atomic E-state index is 0.0159. The monoisotopic (exact) mass is 287 g/mol. The van der Waals surface area contributed by atoms with Crippen molar-refractivity contribution >= 4 is 17.8 Å². The van der Waals surface area contributed by atoms with Gasteiger partial charge in [0.05, 0.1) is 20.6 Å². The fourth-order valence-corrected chi connectivity index (χ4v) is 2.06.